The van der Waals surface area contributed by atoms with Gasteiger partial charge in [-0.2, -0.15) is 5.10 Å². The van der Waals surface area contributed by atoms with Crippen molar-refractivity contribution in [2.45, 2.75) is 96.1 Å². The lowest BCUT2D eigenvalue weighted by Gasteiger charge is -2.29. The Morgan fingerprint density at radius 2 is 1.73 bits per heavy atom. The first-order valence-corrected chi connectivity index (χ1v) is 17.6. The molecule has 2 aromatic carbocycles. The minimum absolute atomic E-state index is 0.0195. The van der Waals surface area contributed by atoms with Crippen LogP contribution in [0.3, 0.4) is 0 Å². The van der Waals surface area contributed by atoms with Crippen LogP contribution < -0.4 is 0 Å². The maximum atomic E-state index is 12.0. The zero-order chi connectivity index (χ0) is 31.6. The number of benzene rings is 2. The van der Waals surface area contributed by atoms with Crippen molar-refractivity contribution in [1.82, 2.24) is 9.78 Å². The molecule has 7 nitrogen and oxygen atoms in total. The molecule has 1 unspecified atom stereocenters. The highest BCUT2D eigenvalue weighted by Crippen LogP contribution is 2.41. The highest BCUT2D eigenvalue weighted by atomic mass is 32.2. The first-order chi connectivity index (χ1) is 21.7. The molecule has 0 amide bonds. The van der Waals surface area contributed by atoms with Crippen LogP contribution >= 0.6 is 11.8 Å². The van der Waals surface area contributed by atoms with Crippen molar-refractivity contribution >= 4 is 17.7 Å². The van der Waals surface area contributed by atoms with Gasteiger partial charge in [-0.15, -0.1) is 11.8 Å². The van der Waals surface area contributed by atoms with E-state index in [1.807, 2.05) is 32.5 Å². The summed E-state index contributed by atoms with van der Waals surface area (Å²) in [6, 6.07) is 19.3. The smallest absolute Gasteiger partial charge is 0.332 e. The van der Waals surface area contributed by atoms with Crippen molar-refractivity contribution in [3.05, 3.63) is 60.2 Å². The van der Waals surface area contributed by atoms with Gasteiger partial charge in [-0.25, -0.2) is 4.79 Å². The number of carbonyl (C=O) groups is 1. The Bertz CT molecular complexity index is 1350. The minimum atomic E-state index is -0.488. The van der Waals surface area contributed by atoms with E-state index in [1.165, 1.54) is 28.1 Å². The number of aromatic nitrogens is 2. The molecule has 8 heteroatoms. The molecule has 0 N–H and O–H groups in total. The second-order valence-corrected chi connectivity index (χ2v) is 14.5. The van der Waals surface area contributed by atoms with E-state index in [0.29, 0.717) is 25.0 Å². The number of nitrogens with zero attached hydrogens (tertiary/aromatic N) is 2. The van der Waals surface area contributed by atoms with E-state index in [-0.39, 0.29) is 18.9 Å². The highest BCUT2D eigenvalue weighted by molar-refractivity contribution is 7.99. The largest absolute Gasteiger partial charge is 0.458 e. The molecule has 1 saturated heterocycles. The topological polar surface area (TPSA) is 71.8 Å². The fraction of sp³-hybridized carbons (Fsp3) is 0.568. The lowest BCUT2D eigenvalue weighted by molar-refractivity contribution is -0.160. The molecule has 2 heterocycles. The van der Waals surface area contributed by atoms with Crippen molar-refractivity contribution in [3.63, 3.8) is 0 Å². The first kappa shape index (κ1) is 33.7. The third kappa shape index (κ3) is 10.2. The molecule has 2 aliphatic rings. The lowest BCUT2D eigenvalue weighted by Crippen LogP contribution is -2.28. The molecule has 244 valence electrons. The number of carbonyl (C=O) groups excluding carboxylic acids is 1. The Hall–Kier alpha value is -2.65. The van der Waals surface area contributed by atoms with Crippen LogP contribution in [0, 0.1) is 18.8 Å². The zero-order valence-electron chi connectivity index (χ0n) is 27.5. The fourth-order valence-corrected chi connectivity index (χ4v) is 7.24. The van der Waals surface area contributed by atoms with Crippen LogP contribution in [-0.4, -0.2) is 59.8 Å². The molecule has 0 bridgehead atoms. The molecule has 1 aliphatic heterocycles. The normalized spacial score (nSPS) is 20.7. The molecule has 1 saturated carbocycles. The average Bonchev–Trinajstić information content (AvgIpc) is 3.38. The SMILES string of the molecule is Cc1cccc(-c2c(-c3ccccc3)nn(CC3CCC(COCC(=O)OC(C)(C)C)CC3)c2SCCOC2CCCCO2)c1. The Labute approximate surface area is 273 Å². The molecule has 5 rings (SSSR count). The number of rotatable bonds is 13. The van der Waals surface area contributed by atoms with Crippen LogP contribution in [0.25, 0.3) is 22.4 Å². The molecule has 3 aromatic rings. The van der Waals surface area contributed by atoms with Gasteiger partial charge in [-0.1, -0.05) is 60.2 Å². The Morgan fingerprint density at radius 1 is 0.978 bits per heavy atom. The van der Waals surface area contributed by atoms with Gasteiger partial charge in [0.1, 0.15) is 22.9 Å². The van der Waals surface area contributed by atoms with Crippen LogP contribution in [0.5, 0.6) is 0 Å². The van der Waals surface area contributed by atoms with Gasteiger partial charge in [0.25, 0.3) is 0 Å². The average molecular weight is 635 g/mol. The van der Waals surface area contributed by atoms with Crippen LogP contribution in [0.4, 0.5) is 0 Å². The summed E-state index contributed by atoms with van der Waals surface area (Å²) < 4.78 is 25.3. The van der Waals surface area contributed by atoms with E-state index in [0.717, 1.165) is 68.7 Å². The summed E-state index contributed by atoms with van der Waals surface area (Å²) in [5.41, 5.74) is 5.31. The fourth-order valence-electron chi connectivity index (χ4n) is 6.24. The molecule has 1 aliphatic carbocycles. The second kappa shape index (κ2) is 16.3. The molecular formula is C37H50N2O5S. The summed E-state index contributed by atoms with van der Waals surface area (Å²) in [5, 5.41) is 6.52. The van der Waals surface area contributed by atoms with Gasteiger partial charge in [-0.3, -0.25) is 4.68 Å². The number of esters is 1. The van der Waals surface area contributed by atoms with E-state index >= 15 is 0 Å². The number of thioether (sulfide) groups is 1. The van der Waals surface area contributed by atoms with Gasteiger partial charge in [0.15, 0.2) is 6.29 Å². The predicted molar refractivity (Wildman–Crippen MR) is 180 cm³/mol. The van der Waals surface area contributed by atoms with Crippen molar-refractivity contribution < 1.29 is 23.7 Å². The van der Waals surface area contributed by atoms with Crippen LogP contribution in [0.15, 0.2) is 59.6 Å². The van der Waals surface area contributed by atoms with Crippen molar-refractivity contribution in [1.29, 1.82) is 0 Å². The van der Waals surface area contributed by atoms with E-state index in [9.17, 15) is 4.79 Å². The van der Waals surface area contributed by atoms with Crippen LogP contribution in [-0.2, 0) is 30.3 Å². The standard InChI is InChI=1S/C37H50N2O5S/c1-27-11-10-14-31(23-27)34-35(30-12-6-5-7-13-30)38-39(36(34)45-22-21-43-33-15-8-9-20-42-33)24-28-16-18-29(19-17-28)25-41-26-32(40)44-37(2,3)4/h5-7,10-14,23,28-29,33H,8-9,15-22,24-26H2,1-4H3. The molecule has 45 heavy (non-hydrogen) atoms. The molecular weight excluding hydrogens is 584 g/mol. The first-order valence-electron chi connectivity index (χ1n) is 16.6. The number of ether oxygens (including phenoxy) is 4. The third-order valence-corrected chi connectivity index (χ3v) is 9.47. The van der Waals surface area contributed by atoms with Gasteiger partial charge in [0, 0.05) is 30.0 Å². The third-order valence-electron chi connectivity index (χ3n) is 8.41. The van der Waals surface area contributed by atoms with Gasteiger partial charge in [0.2, 0.25) is 0 Å². The number of aryl methyl sites for hydroxylation is 1. The summed E-state index contributed by atoms with van der Waals surface area (Å²) in [7, 11) is 0. The maximum absolute atomic E-state index is 12.0. The summed E-state index contributed by atoms with van der Waals surface area (Å²) in [5.74, 6) is 1.54. The monoisotopic (exact) mass is 634 g/mol. The van der Waals surface area contributed by atoms with E-state index < -0.39 is 5.60 Å². The molecule has 1 aromatic heterocycles. The molecule has 1 atom stereocenters. The van der Waals surface area contributed by atoms with E-state index in [1.54, 1.807) is 0 Å². The summed E-state index contributed by atoms with van der Waals surface area (Å²) >= 11 is 1.84. The van der Waals surface area contributed by atoms with Crippen LogP contribution in [0.1, 0.15) is 71.3 Å². The Balaban J connectivity index is 1.29. The van der Waals surface area contributed by atoms with E-state index in [4.69, 9.17) is 24.0 Å². The molecule has 0 radical (unpaired) electrons. The van der Waals surface area contributed by atoms with Gasteiger partial charge >= 0.3 is 5.97 Å². The van der Waals surface area contributed by atoms with Crippen LogP contribution in [0.2, 0.25) is 0 Å². The minimum Gasteiger partial charge on any atom is -0.458 e. The summed E-state index contributed by atoms with van der Waals surface area (Å²) in [6.45, 7) is 10.7. The summed E-state index contributed by atoms with van der Waals surface area (Å²) in [6.07, 6.45) is 7.60. The summed E-state index contributed by atoms with van der Waals surface area (Å²) in [4.78, 5) is 12.0. The Kier molecular flexibility index (Phi) is 12.2. The second-order valence-electron chi connectivity index (χ2n) is 13.5. The van der Waals surface area contributed by atoms with Crippen molar-refractivity contribution in [2.75, 3.05) is 32.2 Å². The number of hydrogen-bond donors (Lipinski definition) is 0. The predicted octanol–water partition coefficient (Wildman–Crippen LogP) is 8.33. The van der Waals surface area contributed by atoms with Gasteiger partial charge in [-0.05, 0) is 90.0 Å². The quantitative estimate of drug-likeness (QED) is 0.106. The van der Waals surface area contributed by atoms with Crippen molar-refractivity contribution in [2.24, 2.45) is 11.8 Å². The van der Waals surface area contributed by atoms with E-state index in [2.05, 4.69) is 66.2 Å². The van der Waals surface area contributed by atoms with Gasteiger partial charge in [0.05, 0.1) is 13.2 Å². The highest BCUT2D eigenvalue weighted by Gasteiger charge is 2.27. The molecule has 2 fully saturated rings. The zero-order valence-corrected chi connectivity index (χ0v) is 28.3. The van der Waals surface area contributed by atoms with Crippen molar-refractivity contribution in [3.8, 4) is 22.4 Å². The van der Waals surface area contributed by atoms with Gasteiger partial charge < -0.3 is 18.9 Å². The molecule has 0 spiro atoms. The lowest BCUT2D eigenvalue weighted by atomic mass is 9.82. The number of hydrogen-bond acceptors (Lipinski definition) is 7. The Morgan fingerprint density at radius 3 is 2.44 bits per heavy atom. The maximum Gasteiger partial charge on any atom is 0.332 e.